The smallest absolute Gasteiger partial charge is 0.469 e. The third-order valence-electron chi connectivity index (χ3n) is 6.95. The summed E-state index contributed by atoms with van der Waals surface area (Å²) in [7, 11) is -5.03. The molecule has 1 aliphatic rings. The van der Waals surface area contributed by atoms with Crippen LogP contribution in [0.2, 0.25) is 0 Å². The number of hydrogen-bond donors (Lipinski definition) is 3. The number of ether oxygens (including phenoxy) is 3. The number of carbonyl (C=O) groups excluding carboxylic acids is 1. The molecular weight excluding hydrogens is 621 g/mol. The lowest BCUT2D eigenvalue weighted by Gasteiger charge is -2.21. The van der Waals surface area contributed by atoms with E-state index in [-0.39, 0.29) is 18.9 Å². The second kappa shape index (κ2) is 12.8. The van der Waals surface area contributed by atoms with E-state index >= 15 is 0 Å². The molecule has 1 aliphatic heterocycles. The number of esters is 1. The molecule has 240 valence electrons. The summed E-state index contributed by atoms with van der Waals surface area (Å²) < 4.78 is 66.6. The zero-order chi connectivity index (χ0) is 32.5. The summed E-state index contributed by atoms with van der Waals surface area (Å²) in [6.45, 7) is 3.09. The number of aliphatic hydroxyl groups excluding tert-OH is 1. The molecule has 0 saturated carbocycles. The van der Waals surface area contributed by atoms with Crippen molar-refractivity contribution >= 4 is 24.8 Å². The normalized spacial score (nSPS) is 19.6. The van der Waals surface area contributed by atoms with Crippen molar-refractivity contribution in [1.82, 2.24) is 9.55 Å². The fourth-order valence-electron chi connectivity index (χ4n) is 4.84. The van der Waals surface area contributed by atoms with Gasteiger partial charge < -0.3 is 33.5 Å². The lowest BCUT2D eigenvalue weighted by molar-refractivity contribution is -0.144. The fraction of sp³-hybridized carbons (Fsp3) is 0.345. The number of aromatic nitrogens is 2. The minimum Gasteiger partial charge on any atom is -0.486 e. The van der Waals surface area contributed by atoms with Gasteiger partial charge >= 0.3 is 25.4 Å². The van der Waals surface area contributed by atoms with Gasteiger partial charge in [0.25, 0.3) is 0 Å². The summed E-state index contributed by atoms with van der Waals surface area (Å²) in [6, 6.07) is 14.0. The number of aryl methyl sites for hydroxylation is 2. The van der Waals surface area contributed by atoms with Crippen molar-refractivity contribution in [3.05, 3.63) is 93.4 Å². The van der Waals surface area contributed by atoms with E-state index in [4.69, 9.17) is 28.4 Å². The van der Waals surface area contributed by atoms with E-state index in [2.05, 4.69) is 9.51 Å². The van der Waals surface area contributed by atoms with Crippen LogP contribution in [0.1, 0.15) is 34.4 Å². The first kappa shape index (κ1) is 32.4. The van der Waals surface area contributed by atoms with Crippen molar-refractivity contribution in [3.63, 3.8) is 0 Å². The van der Waals surface area contributed by atoms with Gasteiger partial charge in [-0.25, -0.2) is 9.36 Å². The Hall–Kier alpha value is -3.98. The Morgan fingerprint density at radius 3 is 2.53 bits per heavy atom. The number of alkyl halides is 2. The molecule has 2 aromatic carbocycles. The van der Waals surface area contributed by atoms with Crippen molar-refractivity contribution in [2.45, 2.75) is 57.8 Å². The van der Waals surface area contributed by atoms with Crippen molar-refractivity contribution < 1.29 is 56.2 Å². The van der Waals surface area contributed by atoms with Crippen molar-refractivity contribution in [2.24, 2.45) is 0 Å². The van der Waals surface area contributed by atoms with Crippen LogP contribution in [0, 0.1) is 13.8 Å². The van der Waals surface area contributed by atoms with Crippen LogP contribution in [0.5, 0.6) is 5.75 Å². The predicted octanol–water partition coefficient (Wildman–Crippen LogP) is 3.47. The van der Waals surface area contributed by atoms with Gasteiger partial charge in [0.15, 0.2) is 6.10 Å². The number of nitrogens with zero attached hydrogens (tertiary/aromatic N) is 2. The molecule has 45 heavy (non-hydrogen) atoms. The third kappa shape index (κ3) is 7.64. The average Bonchev–Trinajstić information content (AvgIpc) is 3.47. The number of benzene rings is 2. The number of furan rings is 1. The average molecular weight is 651 g/mol. The first-order valence-corrected chi connectivity index (χ1v) is 15.1. The molecule has 5 rings (SSSR count). The fourth-order valence-corrected chi connectivity index (χ4v) is 5.18. The summed E-state index contributed by atoms with van der Waals surface area (Å²) >= 11 is 0. The van der Waals surface area contributed by atoms with E-state index in [0.717, 1.165) is 34.4 Å². The van der Waals surface area contributed by atoms with Crippen LogP contribution >= 0.6 is 7.82 Å². The lowest BCUT2D eigenvalue weighted by Crippen LogP contribution is -2.42. The van der Waals surface area contributed by atoms with E-state index in [1.807, 2.05) is 32.0 Å². The molecule has 1 saturated heterocycles. The van der Waals surface area contributed by atoms with Gasteiger partial charge in [-0.15, -0.1) is 0 Å². The molecule has 13 nitrogen and oxygen atoms in total. The number of rotatable bonds is 11. The van der Waals surface area contributed by atoms with E-state index in [1.165, 1.54) is 0 Å². The van der Waals surface area contributed by atoms with E-state index in [0.29, 0.717) is 21.6 Å². The van der Waals surface area contributed by atoms with Gasteiger partial charge in [0.05, 0.1) is 18.7 Å². The Bertz CT molecular complexity index is 1800. The maximum Gasteiger partial charge on any atom is 0.469 e. The Morgan fingerprint density at radius 2 is 1.84 bits per heavy atom. The number of phosphoric acid groups is 1. The molecule has 0 radical (unpaired) electrons. The molecule has 0 bridgehead atoms. The number of fused-ring (bicyclic) bond motifs is 1. The summed E-state index contributed by atoms with van der Waals surface area (Å²) in [5, 5.41) is 10.9. The third-order valence-corrected chi connectivity index (χ3v) is 7.44. The Kier molecular flexibility index (Phi) is 9.21. The molecule has 2 aromatic heterocycles. The van der Waals surface area contributed by atoms with Gasteiger partial charge in [-0.2, -0.15) is 13.8 Å². The van der Waals surface area contributed by atoms with Crippen LogP contribution in [-0.4, -0.2) is 55.2 Å². The molecule has 0 aliphatic carbocycles. The highest BCUT2D eigenvalue weighted by atomic mass is 31.2. The number of aliphatic hydroxyl groups is 1. The molecule has 3 atom stereocenters. The Morgan fingerprint density at radius 1 is 1.11 bits per heavy atom. The standard InChI is InChI=1S/C29H29F2N2O11P/c1-16-9-17(2)25-19(10-16)11-22(43-25)14-40-21-5-3-18(4-6-21)13-41-24(34)12-20-7-8-33(28(36)32-20)27-29(30,31)26(35)23(44-27)15-42-45(37,38)39/h3-11,23,26-27,35H,12-15H2,1-2H3,(H2,37,38,39)/t23-,26-,27-/m1/s1. The van der Waals surface area contributed by atoms with E-state index in [9.17, 15) is 28.0 Å². The molecule has 0 unspecified atom stereocenters. The maximum atomic E-state index is 14.6. The molecule has 3 N–H and O–H groups in total. The van der Waals surface area contributed by atoms with Crippen molar-refractivity contribution in [1.29, 1.82) is 0 Å². The van der Waals surface area contributed by atoms with Crippen LogP contribution in [-0.2, 0) is 43.0 Å². The summed E-state index contributed by atoms with van der Waals surface area (Å²) in [5.41, 5.74) is 2.39. The van der Waals surface area contributed by atoms with Crippen LogP contribution < -0.4 is 10.4 Å². The minimum atomic E-state index is -5.03. The number of phosphoric ester groups is 1. The lowest BCUT2D eigenvalue weighted by atomic mass is 10.1. The Labute approximate surface area is 254 Å². The number of hydrogen-bond acceptors (Lipinski definition) is 10. The first-order chi connectivity index (χ1) is 21.2. The van der Waals surface area contributed by atoms with Gasteiger partial charge in [0, 0.05) is 11.6 Å². The SMILES string of the molecule is Cc1cc(C)c2oc(COc3ccc(COC(=O)Cc4ccn([C@@H]5O[C@H](COP(=O)(O)O)[C@@H](O)C5(F)F)c(=O)n4)cc3)cc2c1. The quantitative estimate of drug-likeness (QED) is 0.159. The summed E-state index contributed by atoms with van der Waals surface area (Å²) in [4.78, 5) is 46.0. The summed E-state index contributed by atoms with van der Waals surface area (Å²) in [5.74, 6) is -3.51. The van der Waals surface area contributed by atoms with Gasteiger partial charge in [0.2, 0.25) is 6.23 Å². The zero-order valence-corrected chi connectivity index (χ0v) is 24.9. The highest BCUT2D eigenvalue weighted by Crippen LogP contribution is 2.44. The van der Waals surface area contributed by atoms with Crippen LogP contribution in [0.3, 0.4) is 0 Å². The zero-order valence-electron chi connectivity index (χ0n) is 24.0. The molecule has 16 heteroatoms. The molecule has 1 fully saturated rings. The van der Waals surface area contributed by atoms with Gasteiger partial charge in [-0.1, -0.05) is 23.8 Å². The molecule has 0 amide bonds. The van der Waals surface area contributed by atoms with Crippen molar-refractivity contribution in [2.75, 3.05) is 6.61 Å². The number of halogens is 2. The topological polar surface area (TPSA) is 180 Å². The van der Waals surface area contributed by atoms with E-state index < -0.39 is 56.9 Å². The van der Waals surface area contributed by atoms with Crippen LogP contribution in [0.15, 0.2) is 63.9 Å². The maximum absolute atomic E-state index is 14.6. The monoisotopic (exact) mass is 650 g/mol. The molecule has 4 aromatic rings. The largest absolute Gasteiger partial charge is 0.486 e. The van der Waals surface area contributed by atoms with E-state index in [1.54, 1.807) is 24.3 Å². The second-order valence-electron chi connectivity index (χ2n) is 10.5. The summed E-state index contributed by atoms with van der Waals surface area (Å²) in [6.07, 6.45) is -6.23. The number of carbonyl (C=O) groups is 1. The molecule has 3 heterocycles. The second-order valence-corrected chi connectivity index (χ2v) is 11.8. The van der Waals surface area contributed by atoms with Gasteiger partial charge in [-0.3, -0.25) is 13.9 Å². The first-order valence-electron chi connectivity index (χ1n) is 13.6. The predicted molar refractivity (Wildman–Crippen MR) is 151 cm³/mol. The Balaban J connectivity index is 1.12. The van der Waals surface area contributed by atoms with Gasteiger partial charge in [-0.05, 0) is 55.3 Å². The highest BCUT2D eigenvalue weighted by Gasteiger charge is 2.60. The van der Waals surface area contributed by atoms with Crippen molar-refractivity contribution in [3.8, 4) is 5.75 Å². The highest BCUT2D eigenvalue weighted by molar-refractivity contribution is 7.46. The molecule has 0 spiro atoms. The minimum absolute atomic E-state index is 0.0656. The van der Waals surface area contributed by atoms with Gasteiger partial charge in [0.1, 0.15) is 36.4 Å². The van der Waals surface area contributed by atoms with Crippen LogP contribution in [0.25, 0.3) is 11.0 Å². The van der Waals surface area contributed by atoms with Crippen LogP contribution in [0.4, 0.5) is 8.78 Å². The molecular formula is C29H29F2N2O11P.